The van der Waals surface area contributed by atoms with Crippen LogP contribution in [-0.4, -0.2) is 5.11 Å². The van der Waals surface area contributed by atoms with Crippen molar-refractivity contribution < 1.29 is 5.11 Å². The smallest absolute Gasteiger partial charge is 0.115 e. The molecule has 0 aliphatic heterocycles. The van der Waals surface area contributed by atoms with Crippen molar-refractivity contribution in [2.45, 2.75) is 0 Å². The summed E-state index contributed by atoms with van der Waals surface area (Å²) in [5.74, 6) is 0.322. The Morgan fingerprint density at radius 3 is 1.86 bits per heavy atom. The average molecular weight is 100 g/mol. The number of benzene rings is 1. The molecule has 7 heavy (non-hydrogen) atoms. The summed E-state index contributed by atoms with van der Waals surface area (Å²) in [6, 6.07) is 8.71. The summed E-state index contributed by atoms with van der Waals surface area (Å²) in [7, 11) is 0. The van der Waals surface area contributed by atoms with Gasteiger partial charge < -0.3 is 5.11 Å². The van der Waals surface area contributed by atoms with Crippen molar-refractivity contribution in [1.82, 2.24) is 0 Å². The maximum atomic E-state index is 8.63. The Morgan fingerprint density at radius 2 is 1.57 bits per heavy atom. The van der Waals surface area contributed by atoms with E-state index in [-0.39, 0.29) is 0 Å². The summed E-state index contributed by atoms with van der Waals surface area (Å²) in [4.78, 5) is 0. The van der Waals surface area contributed by atoms with Crippen LogP contribution in [0.25, 0.3) is 0 Å². The fourth-order valence-electron chi connectivity index (χ4n) is 0.428. The van der Waals surface area contributed by atoms with Gasteiger partial charge in [0, 0.05) is 0 Å². The van der Waals surface area contributed by atoms with E-state index in [1.807, 2.05) is 6.07 Å². The van der Waals surface area contributed by atoms with E-state index in [4.69, 9.17) is 5.11 Å². The SMILES string of the molecule is O[13c]1[13cH][13cH][13cH][13cH][13cH]1. The fourth-order valence-corrected chi connectivity index (χ4v) is 0.428. The van der Waals surface area contributed by atoms with Crippen LogP contribution < -0.4 is 0 Å². The maximum absolute atomic E-state index is 8.63. The van der Waals surface area contributed by atoms with Crippen molar-refractivity contribution in [3.05, 3.63) is 30.3 Å². The number of para-hydroxylation sites is 1. The minimum Gasteiger partial charge on any atom is -0.508 e. The Bertz CT molecular complexity index is 134. The Kier molecular flexibility index (Phi) is 0.984. The van der Waals surface area contributed by atoms with Crippen molar-refractivity contribution >= 4 is 0 Å². The topological polar surface area (TPSA) is 20.2 Å². The monoisotopic (exact) mass is 100 g/mol. The molecule has 0 saturated carbocycles. The predicted octanol–water partition coefficient (Wildman–Crippen LogP) is 1.39. The molecule has 0 atom stereocenters. The Labute approximate surface area is 42.2 Å². The van der Waals surface area contributed by atoms with Gasteiger partial charge >= 0.3 is 0 Å². The normalized spacial score (nSPS) is 8.57. The van der Waals surface area contributed by atoms with Crippen LogP contribution in [0.4, 0.5) is 0 Å². The highest BCUT2D eigenvalue weighted by atomic mass is 16.3. The molecule has 0 radical (unpaired) electrons. The molecule has 0 unspecified atom stereocenters. The summed E-state index contributed by atoms with van der Waals surface area (Å²) in [6.07, 6.45) is 0. The van der Waals surface area contributed by atoms with Crippen LogP contribution in [0.3, 0.4) is 0 Å². The number of phenols is 1. The first kappa shape index (κ1) is 4.19. The van der Waals surface area contributed by atoms with E-state index in [2.05, 4.69) is 0 Å². The van der Waals surface area contributed by atoms with Gasteiger partial charge in [-0.2, -0.15) is 0 Å². The van der Waals surface area contributed by atoms with Crippen LogP contribution in [0.5, 0.6) is 5.75 Å². The van der Waals surface area contributed by atoms with Crippen molar-refractivity contribution in [2.24, 2.45) is 0 Å². The molecule has 36 valence electrons. The average Bonchev–Trinajstić information content (AvgIpc) is 1.69. The van der Waals surface area contributed by atoms with E-state index in [0.29, 0.717) is 5.75 Å². The minimum atomic E-state index is 0.322. The molecule has 0 fully saturated rings. The Balaban J connectivity index is 3.02. The molecule has 0 amide bonds. The highest BCUT2D eigenvalue weighted by Gasteiger charge is 1.74. The lowest BCUT2D eigenvalue weighted by Crippen LogP contribution is -1.56. The molecule has 0 aliphatic rings. The molecular weight excluding hydrogens is 94.0 g/mol. The van der Waals surface area contributed by atoms with E-state index in [1.54, 1.807) is 24.3 Å². The molecule has 1 aromatic carbocycles. The van der Waals surface area contributed by atoms with Gasteiger partial charge in [0.05, 0.1) is 0 Å². The van der Waals surface area contributed by atoms with Crippen molar-refractivity contribution in [3.63, 3.8) is 0 Å². The molecule has 0 spiro atoms. The van der Waals surface area contributed by atoms with Crippen LogP contribution in [0, 0.1) is 0 Å². The van der Waals surface area contributed by atoms with E-state index < -0.39 is 0 Å². The molecule has 0 bridgehead atoms. The summed E-state index contributed by atoms with van der Waals surface area (Å²) < 4.78 is 0. The van der Waals surface area contributed by atoms with Gasteiger partial charge in [0.25, 0.3) is 0 Å². The first-order chi connectivity index (χ1) is 3.39. The molecule has 1 rings (SSSR count). The zero-order valence-electron chi connectivity index (χ0n) is 3.83. The number of hydrogen-bond donors (Lipinski definition) is 1. The Hall–Kier alpha value is -0.980. The van der Waals surface area contributed by atoms with Crippen LogP contribution in [0.15, 0.2) is 30.3 Å². The number of aromatic hydroxyl groups is 1. The third-order valence-electron chi connectivity index (χ3n) is 0.756. The van der Waals surface area contributed by atoms with Gasteiger partial charge in [-0.15, -0.1) is 0 Å². The summed E-state index contributed by atoms with van der Waals surface area (Å²) in [6.45, 7) is 0. The van der Waals surface area contributed by atoms with Gasteiger partial charge in [-0.3, -0.25) is 0 Å². The van der Waals surface area contributed by atoms with E-state index in [1.165, 1.54) is 0 Å². The fraction of sp³-hybridized carbons (Fsp3) is 0. The van der Waals surface area contributed by atoms with E-state index in [9.17, 15) is 0 Å². The van der Waals surface area contributed by atoms with Crippen molar-refractivity contribution in [2.75, 3.05) is 0 Å². The van der Waals surface area contributed by atoms with Gasteiger partial charge in [-0.1, -0.05) is 18.2 Å². The van der Waals surface area contributed by atoms with Gasteiger partial charge in [-0.25, -0.2) is 0 Å². The van der Waals surface area contributed by atoms with Crippen LogP contribution in [-0.2, 0) is 0 Å². The second-order valence-electron chi connectivity index (χ2n) is 1.34. The molecule has 0 heterocycles. The third-order valence-corrected chi connectivity index (χ3v) is 0.756. The van der Waals surface area contributed by atoms with Gasteiger partial charge in [-0.05, 0) is 12.1 Å². The first-order valence-electron chi connectivity index (χ1n) is 2.13. The highest BCUT2D eigenvalue weighted by molar-refractivity contribution is 5.18. The standard InChI is InChI=1S/C6H6O/c7-6-4-2-1-3-5-6/h1-5,7H/i1+1,2+1,3+1,4+1,5+1,6+1. The molecular formula is C6H6O. The largest absolute Gasteiger partial charge is 0.508 e. The lowest BCUT2D eigenvalue weighted by atomic mass is 11.3. The summed E-state index contributed by atoms with van der Waals surface area (Å²) in [5.41, 5.74) is 0. The molecule has 1 aromatic rings. The Morgan fingerprint density at radius 1 is 1.00 bits per heavy atom. The zero-order chi connectivity index (χ0) is 5.11. The third kappa shape index (κ3) is 0.929. The summed E-state index contributed by atoms with van der Waals surface area (Å²) >= 11 is 0. The first-order valence-corrected chi connectivity index (χ1v) is 2.13. The van der Waals surface area contributed by atoms with Crippen LogP contribution in [0.2, 0.25) is 0 Å². The van der Waals surface area contributed by atoms with Gasteiger partial charge in [0.15, 0.2) is 0 Å². The van der Waals surface area contributed by atoms with Crippen molar-refractivity contribution in [3.8, 4) is 5.75 Å². The van der Waals surface area contributed by atoms with Gasteiger partial charge in [0.2, 0.25) is 0 Å². The zero-order valence-corrected chi connectivity index (χ0v) is 3.83. The van der Waals surface area contributed by atoms with Crippen LogP contribution in [0.1, 0.15) is 0 Å². The molecule has 1 heteroatoms. The number of hydrogen-bond acceptors (Lipinski definition) is 1. The second kappa shape index (κ2) is 1.65. The molecule has 1 nitrogen and oxygen atoms in total. The summed E-state index contributed by atoms with van der Waals surface area (Å²) in [5, 5.41) is 8.63. The van der Waals surface area contributed by atoms with Crippen LogP contribution >= 0.6 is 0 Å². The minimum absolute atomic E-state index is 0.322. The van der Waals surface area contributed by atoms with Crippen molar-refractivity contribution in [1.29, 1.82) is 0 Å². The lowest BCUT2D eigenvalue weighted by molar-refractivity contribution is 0.475. The molecule has 0 aromatic heterocycles. The second-order valence-corrected chi connectivity index (χ2v) is 1.34. The van der Waals surface area contributed by atoms with Gasteiger partial charge in [0.1, 0.15) is 5.75 Å². The molecule has 1 N–H and O–H groups in total. The lowest BCUT2D eigenvalue weighted by Gasteiger charge is -1.82. The highest BCUT2D eigenvalue weighted by Crippen LogP contribution is 2.02. The molecule has 0 aliphatic carbocycles. The van der Waals surface area contributed by atoms with E-state index >= 15 is 0 Å². The maximum Gasteiger partial charge on any atom is 0.115 e. The quantitative estimate of drug-likeness (QED) is 0.522. The predicted molar refractivity (Wildman–Crippen MR) is 28.1 cm³/mol. The van der Waals surface area contributed by atoms with E-state index in [0.717, 1.165) is 0 Å². The molecule has 0 saturated heterocycles. The number of phenolic OH excluding ortho intramolecular Hbond substituents is 1. The number of rotatable bonds is 0.